The number of benzene rings is 2. The average molecular weight is 243 g/mol. The highest BCUT2D eigenvalue weighted by Crippen LogP contribution is 2.21. The number of hydrogen-bond donors (Lipinski definition) is 0. The van der Waals surface area contributed by atoms with E-state index in [2.05, 4.69) is 12.1 Å². The molecule has 0 bridgehead atoms. The molecule has 19 heavy (non-hydrogen) atoms. The summed E-state index contributed by atoms with van der Waals surface area (Å²) in [6.45, 7) is 0. The Labute approximate surface area is 110 Å². The molecule has 0 unspecified atom stereocenters. The Morgan fingerprint density at radius 1 is 0.789 bits per heavy atom. The van der Waals surface area contributed by atoms with E-state index in [1.54, 1.807) is 12.1 Å². The molecule has 0 aliphatic rings. The van der Waals surface area contributed by atoms with Gasteiger partial charge in [0.2, 0.25) is 0 Å². The molecule has 3 heteroatoms. The minimum atomic E-state index is 0.645. The fraction of sp³-hybridized carbons (Fsp3) is 0. The lowest BCUT2D eigenvalue weighted by atomic mass is 10.2. The van der Waals surface area contributed by atoms with Crippen LogP contribution in [0.5, 0.6) is 0 Å². The minimum Gasteiger partial charge on any atom is -0.317 e. The summed E-state index contributed by atoms with van der Waals surface area (Å²) in [5, 5.41) is 18.7. The number of rotatable bonds is 1. The second-order valence-corrected chi connectivity index (χ2v) is 4.23. The van der Waals surface area contributed by atoms with Crippen molar-refractivity contribution >= 4 is 10.9 Å². The lowest BCUT2D eigenvalue weighted by Crippen LogP contribution is -1.91. The normalized spacial score (nSPS) is 10.0. The predicted octanol–water partition coefficient (Wildman–Crippen LogP) is 3.37. The van der Waals surface area contributed by atoms with Crippen molar-refractivity contribution < 1.29 is 0 Å². The molecule has 0 spiro atoms. The molecule has 0 saturated heterocycles. The Kier molecular flexibility index (Phi) is 2.52. The van der Waals surface area contributed by atoms with Crippen LogP contribution in [0.1, 0.15) is 11.1 Å². The zero-order valence-corrected chi connectivity index (χ0v) is 10.0. The number of hydrogen-bond acceptors (Lipinski definition) is 2. The van der Waals surface area contributed by atoms with Crippen molar-refractivity contribution in [3.05, 3.63) is 65.9 Å². The molecule has 0 aliphatic carbocycles. The van der Waals surface area contributed by atoms with Gasteiger partial charge in [0.1, 0.15) is 0 Å². The van der Waals surface area contributed by atoms with E-state index in [0.717, 1.165) is 16.6 Å². The first-order valence-electron chi connectivity index (χ1n) is 5.83. The van der Waals surface area contributed by atoms with Crippen molar-refractivity contribution in [3.8, 4) is 17.8 Å². The van der Waals surface area contributed by atoms with E-state index in [1.807, 2.05) is 47.2 Å². The fourth-order valence-electron chi connectivity index (χ4n) is 2.13. The molecule has 2 aromatic carbocycles. The molecule has 0 N–H and O–H groups in total. The summed E-state index contributed by atoms with van der Waals surface area (Å²) in [6.07, 6.45) is 1.97. The van der Waals surface area contributed by atoms with E-state index >= 15 is 0 Å². The molecule has 88 valence electrons. The van der Waals surface area contributed by atoms with E-state index in [-0.39, 0.29) is 0 Å². The standard InChI is InChI=1S/C16H9N3/c17-10-12-1-4-15(5-2-12)19-8-7-14-9-13(11-18)3-6-16(14)19/h1-9H. The van der Waals surface area contributed by atoms with Gasteiger partial charge in [-0.25, -0.2) is 0 Å². The summed E-state index contributed by atoms with van der Waals surface area (Å²) >= 11 is 0. The SMILES string of the molecule is N#Cc1ccc(-n2ccc3cc(C#N)ccc32)cc1. The zero-order chi connectivity index (χ0) is 13.2. The van der Waals surface area contributed by atoms with Gasteiger partial charge in [0, 0.05) is 17.3 Å². The molecule has 0 atom stereocenters. The van der Waals surface area contributed by atoms with Gasteiger partial charge in [-0.3, -0.25) is 0 Å². The van der Waals surface area contributed by atoms with E-state index < -0.39 is 0 Å². The van der Waals surface area contributed by atoms with Gasteiger partial charge in [0.05, 0.1) is 28.8 Å². The molecule has 3 aromatic rings. The van der Waals surface area contributed by atoms with Gasteiger partial charge >= 0.3 is 0 Å². The third kappa shape index (κ3) is 1.84. The van der Waals surface area contributed by atoms with Crippen LogP contribution < -0.4 is 0 Å². The van der Waals surface area contributed by atoms with Crippen molar-refractivity contribution in [2.45, 2.75) is 0 Å². The highest BCUT2D eigenvalue weighted by Gasteiger charge is 2.04. The molecule has 1 aromatic heterocycles. The molecule has 0 radical (unpaired) electrons. The Morgan fingerprint density at radius 3 is 2.16 bits per heavy atom. The van der Waals surface area contributed by atoms with Gasteiger partial charge in [-0.15, -0.1) is 0 Å². The topological polar surface area (TPSA) is 52.5 Å². The summed E-state index contributed by atoms with van der Waals surface area (Å²) in [5.41, 5.74) is 3.35. The third-order valence-corrected chi connectivity index (χ3v) is 3.09. The maximum absolute atomic E-state index is 8.89. The van der Waals surface area contributed by atoms with E-state index in [4.69, 9.17) is 10.5 Å². The number of aromatic nitrogens is 1. The van der Waals surface area contributed by atoms with Crippen LogP contribution in [0.4, 0.5) is 0 Å². The van der Waals surface area contributed by atoms with Gasteiger partial charge < -0.3 is 4.57 Å². The van der Waals surface area contributed by atoms with Gasteiger partial charge in [0.15, 0.2) is 0 Å². The lowest BCUT2D eigenvalue weighted by Gasteiger charge is -2.05. The number of nitriles is 2. The molecule has 0 saturated carbocycles. The van der Waals surface area contributed by atoms with Gasteiger partial charge in [-0.05, 0) is 48.5 Å². The fourth-order valence-corrected chi connectivity index (χ4v) is 2.13. The van der Waals surface area contributed by atoms with Crippen molar-refractivity contribution in [3.63, 3.8) is 0 Å². The van der Waals surface area contributed by atoms with Crippen molar-refractivity contribution in [2.75, 3.05) is 0 Å². The Balaban J connectivity index is 2.15. The molecule has 1 heterocycles. The summed E-state index contributed by atoms with van der Waals surface area (Å²) < 4.78 is 2.04. The molecular formula is C16H9N3. The first-order chi connectivity index (χ1) is 9.31. The molecule has 0 fully saturated rings. The lowest BCUT2D eigenvalue weighted by molar-refractivity contribution is 1.13. The Morgan fingerprint density at radius 2 is 1.47 bits per heavy atom. The van der Waals surface area contributed by atoms with Crippen LogP contribution in [-0.4, -0.2) is 4.57 Å². The zero-order valence-electron chi connectivity index (χ0n) is 10.0. The Hall–Kier alpha value is -3.04. The quantitative estimate of drug-likeness (QED) is 0.658. The minimum absolute atomic E-state index is 0.645. The maximum Gasteiger partial charge on any atom is 0.0991 e. The number of nitrogens with zero attached hydrogens (tertiary/aromatic N) is 3. The van der Waals surface area contributed by atoms with Crippen molar-refractivity contribution in [2.24, 2.45) is 0 Å². The van der Waals surface area contributed by atoms with E-state index in [1.165, 1.54) is 0 Å². The van der Waals surface area contributed by atoms with Crippen LogP contribution in [0.2, 0.25) is 0 Å². The summed E-state index contributed by atoms with van der Waals surface area (Å²) in [4.78, 5) is 0. The van der Waals surface area contributed by atoms with Crippen LogP contribution in [0.15, 0.2) is 54.7 Å². The van der Waals surface area contributed by atoms with Gasteiger partial charge in [0.25, 0.3) is 0 Å². The summed E-state index contributed by atoms with van der Waals surface area (Å²) in [6, 6.07) is 19.3. The van der Waals surface area contributed by atoms with Crippen LogP contribution in [-0.2, 0) is 0 Å². The first-order valence-corrected chi connectivity index (χ1v) is 5.83. The van der Waals surface area contributed by atoms with Crippen LogP contribution in [0, 0.1) is 22.7 Å². The maximum atomic E-state index is 8.89. The largest absolute Gasteiger partial charge is 0.317 e. The monoisotopic (exact) mass is 243 g/mol. The second-order valence-electron chi connectivity index (χ2n) is 4.23. The smallest absolute Gasteiger partial charge is 0.0991 e. The van der Waals surface area contributed by atoms with Crippen LogP contribution in [0.3, 0.4) is 0 Å². The summed E-state index contributed by atoms with van der Waals surface area (Å²) in [7, 11) is 0. The van der Waals surface area contributed by atoms with Gasteiger partial charge in [-0.1, -0.05) is 0 Å². The van der Waals surface area contributed by atoms with Crippen LogP contribution >= 0.6 is 0 Å². The Bertz CT molecular complexity index is 827. The molecule has 3 rings (SSSR count). The molecule has 3 nitrogen and oxygen atoms in total. The average Bonchev–Trinajstić information content (AvgIpc) is 2.90. The van der Waals surface area contributed by atoms with Crippen molar-refractivity contribution in [1.82, 2.24) is 4.57 Å². The highest BCUT2D eigenvalue weighted by molar-refractivity contribution is 5.83. The molecular weight excluding hydrogens is 234 g/mol. The molecule has 0 amide bonds. The van der Waals surface area contributed by atoms with E-state index in [9.17, 15) is 0 Å². The predicted molar refractivity (Wildman–Crippen MR) is 72.7 cm³/mol. The van der Waals surface area contributed by atoms with Crippen molar-refractivity contribution in [1.29, 1.82) is 10.5 Å². The van der Waals surface area contributed by atoms with E-state index in [0.29, 0.717) is 11.1 Å². The third-order valence-electron chi connectivity index (χ3n) is 3.09. The second kappa shape index (κ2) is 4.33. The first kappa shape index (κ1) is 11.1. The van der Waals surface area contributed by atoms with Gasteiger partial charge in [-0.2, -0.15) is 10.5 Å². The number of fused-ring (bicyclic) bond motifs is 1. The summed E-state index contributed by atoms with van der Waals surface area (Å²) in [5.74, 6) is 0. The van der Waals surface area contributed by atoms with Crippen LogP contribution in [0.25, 0.3) is 16.6 Å². The molecule has 0 aliphatic heterocycles. The highest BCUT2D eigenvalue weighted by atomic mass is 15.0.